The molecule has 3 heterocycles. The first-order valence-corrected chi connectivity index (χ1v) is 10.2. The molecule has 0 bridgehead atoms. The standard InChI is InChI=1S/C19H27F4N7/c1-25-17-14(18(21,22)23)8-26-19(24,28-17)13-7-27-30(10-13)16-5-6-29(11-15(16)20)9-12-3-2-4-12/h7-8,10,12,15-16,25,28H,2-6,9,11,24H2,1H3/t15-,16-,19?/m1/s1. The lowest BCUT2D eigenvalue weighted by Gasteiger charge is -2.38. The second-order valence-electron chi connectivity index (χ2n) is 8.32. The van der Waals surface area contributed by atoms with Crippen molar-refractivity contribution in [3.05, 3.63) is 29.4 Å². The third kappa shape index (κ3) is 4.04. The summed E-state index contributed by atoms with van der Waals surface area (Å²) in [5.41, 5.74) is 5.64. The summed E-state index contributed by atoms with van der Waals surface area (Å²) in [6.45, 7) is 2.10. The molecule has 1 aromatic heterocycles. The number of nitrogens with zero attached hydrogens (tertiary/aromatic N) is 4. The van der Waals surface area contributed by atoms with Crippen molar-refractivity contribution in [3.63, 3.8) is 0 Å². The molecule has 4 N–H and O–H groups in total. The molecular weight excluding hydrogens is 402 g/mol. The monoisotopic (exact) mass is 429 g/mol. The molecule has 166 valence electrons. The van der Waals surface area contributed by atoms with Gasteiger partial charge in [0.05, 0.1) is 17.8 Å². The Morgan fingerprint density at radius 2 is 2.10 bits per heavy atom. The predicted molar refractivity (Wildman–Crippen MR) is 104 cm³/mol. The Bertz CT molecular complexity index is 829. The van der Waals surface area contributed by atoms with Gasteiger partial charge in [-0.05, 0) is 25.2 Å². The maximum Gasteiger partial charge on any atom is 0.421 e. The maximum absolute atomic E-state index is 14.9. The summed E-state index contributed by atoms with van der Waals surface area (Å²) in [7, 11) is 1.36. The maximum atomic E-state index is 14.9. The minimum atomic E-state index is -4.57. The van der Waals surface area contributed by atoms with Crippen LogP contribution in [0.25, 0.3) is 0 Å². The number of aromatic nitrogens is 2. The second-order valence-corrected chi connectivity index (χ2v) is 8.32. The van der Waals surface area contributed by atoms with Crippen LogP contribution in [0, 0.1) is 5.92 Å². The quantitative estimate of drug-likeness (QED) is 0.624. The zero-order valence-electron chi connectivity index (χ0n) is 16.8. The fourth-order valence-electron chi connectivity index (χ4n) is 4.26. The molecule has 0 aromatic carbocycles. The van der Waals surface area contributed by atoms with Gasteiger partial charge in [-0.2, -0.15) is 18.3 Å². The van der Waals surface area contributed by atoms with Crippen LogP contribution in [0.3, 0.4) is 0 Å². The lowest BCUT2D eigenvalue weighted by atomic mass is 9.84. The number of rotatable bonds is 5. The Hall–Kier alpha value is -2.14. The number of hydrogen-bond donors (Lipinski definition) is 3. The average molecular weight is 429 g/mol. The topological polar surface area (TPSA) is 83.5 Å². The van der Waals surface area contributed by atoms with E-state index in [1.165, 1.54) is 37.2 Å². The van der Waals surface area contributed by atoms with Gasteiger partial charge in [0.15, 0.2) is 0 Å². The summed E-state index contributed by atoms with van der Waals surface area (Å²) in [6, 6.07) is -0.433. The van der Waals surface area contributed by atoms with E-state index in [9.17, 15) is 17.6 Å². The highest BCUT2D eigenvalue weighted by Gasteiger charge is 2.42. The first-order chi connectivity index (χ1) is 14.2. The molecule has 1 aliphatic carbocycles. The van der Waals surface area contributed by atoms with Crippen molar-refractivity contribution in [2.24, 2.45) is 16.6 Å². The van der Waals surface area contributed by atoms with Crippen LogP contribution in [0.2, 0.25) is 0 Å². The SMILES string of the molecule is CNC1=C(C(F)(F)F)C=NC(N)(c2cnn([C@@H]3CCN(CC4CCC4)C[C@H]3F)c2)N1. The Kier molecular flexibility index (Phi) is 5.52. The fraction of sp³-hybridized carbons (Fsp3) is 0.684. The van der Waals surface area contributed by atoms with E-state index in [1.54, 1.807) is 6.20 Å². The van der Waals surface area contributed by atoms with Crippen LogP contribution in [0.5, 0.6) is 0 Å². The predicted octanol–water partition coefficient (Wildman–Crippen LogP) is 2.00. The van der Waals surface area contributed by atoms with Gasteiger partial charge in [0.1, 0.15) is 17.6 Å². The molecular formula is C19H27F4N7. The summed E-state index contributed by atoms with van der Waals surface area (Å²) in [4.78, 5) is 6.06. The van der Waals surface area contributed by atoms with Crippen LogP contribution >= 0.6 is 0 Å². The third-order valence-corrected chi connectivity index (χ3v) is 6.25. The van der Waals surface area contributed by atoms with Gasteiger partial charge in [0.2, 0.25) is 5.79 Å². The molecule has 1 saturated carbocycles. The fourth-order valence-corrected chi connectivity index (χ4v) is 4.26. The molecule has 30 heavy (non-hydrogen) atoms. The van der Waals surface area contributed by atoms with Gasteiger partial charge in [0.25, 0.3) is 0 Å². The molecule has 7 nitrogen and oxygen atoms in total. The van der Waals surface area contributed by atoms with E-state index >= 15 is 0 Å². The Morgan fingerprint density at radius 3 is 2.70 bits per heavy atom. The number of hydrogen-bond acceptors (Lipinski definition) is 6. The Labute approximate surface area is 172 Å². The molecule has 1 unspecified atom stereocenters. The molecule has 11 heteroatoms. The van der Waals surface area contributed by atoms with Gasteiger partial charge in [-0.15, -0.1) is 0 Å². The first-order valence-electron chi connectivity index (χ1n) is 10.2. The van der Waals surface area contributed by atoms with Gasteiger partial charge in [-0.1, -0.05) is 6.42 Å². The molecule has 1 saturated heterocycles. The summed E-state index contributed by atoms with van der Waals surface area (Å²) >= 11 is 0. The second kappa shape index (κ2) is 7.84. The van der Waals surface area contributed by atoms with Crippen LogP contribution in [0.4, 0.5) is 17.6 Å². The number of piperidine rings is 1. The summed E-state index contributed by atoms with van der Waals surface area (Å²) in [6.07, 6.45) is 2.37. The van der Waals surface area contributed by atoms with E-state index in [4.69, 9.17) is 5.73 Å². The van der Waals surface area contributed by atoms with Crippen molar-refractivity contribution in [2.45, 2.75) is 49.9 Å². The number of nitrogens with one attached hydrogen (secondary N) is 2. The number of nitrogens with two attached hydrogens (primary N) is 1. The van der Waals surface area contributed by atoms with Gasteiger partial charge in [-0.3, -0.25) is 10.4 Å². The number of aliphatic imine (C=N–C) groups is 1. The molecule has 4 rings (SSSR count). The third-order valence-electron chi connectivity index (χ3n) is 6.25. The van der Waals surface area contributed by atoms with Crippen LogP contribution in [0.1, 0.15) is 37.3 Å². The van der Waals surface area contributed by atoms with Crippen LogP contribution in [-0.4, -0.2) is 59.9 Å². The Balaban J connectivity index is 1.45. The van der Waals surface area contributed by atoms with Crippen molar-refractivity contribution < 1.29 is 17.6 Å². The summed E-state index contributed by atoms with van der Waals surface area (Å²) in [5.74, 6) is -1.21. The highest BCUT2D eigenvalue weighted by molar-refractivity contribution is 5.82. The summed E-state index contributed by atoms with van der Waals surface area (Å²) in [5, 5.41) is 9.32. The minimum absolute atomic E-state index is 0.277. The number of halogens is 4. The van der Waals surface area contributed by atoms with Gasteiger partial charge in [-0.25, -0.2) is 9.38 Å². The molecule has 3 atom stereocenters. The average Bonchev–Trinajstić information content (AvgIpc) is 3.14. The van der Waals surface area contributed by atoms with Gasteiger partial charge < -0.3 is 15.5 Å². The minimum Gasteiger partial charge on any atom is -0.374 e. The normalized spacial score (nSPS) is 30.9. The zero-order valence-corrected chi connectivity index (χ0v) is 16.8. The van der Waals surface area contributed by atoms with Gasteiger partial charge in [0, 0.05) is 39.1 Å². The zero-order chi connectivity index (χ0) is 21.5. The smallest absolute Gasteiger partial charge is 0.374 e. The van der Waals surface area contributed by atoms with E-state index in [0.29, 0.717) is 30.7 Å². The van der Waals surface area contributed by atoms with Crippen LogP contribution < -0.4 is 16.4 Å². The van der Waals surface area contributed by atoms with E-state index in [2.05, 4.69) is 25.6 Å². The summed E-state index contributed by atoms with van der Waals surface area (Å²) < 4.78 is 55.8. The molecule has 1 aromatic rings. The number of alkyl halides is 4. The van der Waals surface area contributed by atoms with Crippen molar-refractivity contribution in [3.8, 4) is 0 Å². The number of likely N-dealkylation sites (tertiary alicyclic amines) is 1. The van der Waals surface area contributed by atoms with E-state index < -0.39 is 29.7 Å². The van der Waals surface area contributed by atoms with E-state index in [0.717, 1.165) is 13.1 Å². The molecule has 0 radical (unpaired) electrons. The first kappa shape index (κ1) is 21.1. The number of allylic oxidation sites excluding steroid dienone is 1. The lowest BCUT2D eigenvalue weighted by molar-refractivity contribution is -0.0875. The van der Waals surface area contributed by atoms with Crippen molar-refractivity contribution >= 4 is 6.21 Å². The highest BCUT2D eigenvalue weighted by atomic mass is 19.4. The van der Waals surface area contributed by atoms with Crippen molar-refractivity contribution in [2.75, 3.05) is 26.7 Å². The molecule has 0 spiro atoms. The van der Waals surface area contributed by atoms with E-state index in [-0.39, 0.29) is 5.82 Å². The molecule has 0 amide bonds. The molecule has 2 fully saturated rings. The molecule has 2 aliphatic heterocycles. The van der Waals surface area contributed by atoms with Crippen LogP contribution in [0.15, 0.2) is 28.8 Å². The lowest BCUT2D eigenvalue weighted by Crippen LogP contribution is -2.53. The largest absolute Gasteiger partial charge is 0.421 e. The molecule has 3 aliphatic rings. The van der Waals surface area contributed by atoms with Crippen molar-refractivity contribution in [1.29, 1.82) is 0 Å². The van der Waals surface area contributed by atoms with E-state index in [1.807, 2.05) is 0 Å². The highest BCUT2D eigenvalue weighted by Crippen LogP contribution is 2.33. The van der Waals surface area contributed by atoms with Crippen LogP contribution in [-0.2, 0) is 5.79 Å². The van der Waals surface area contributed by atoms with Gasteiger partial charge >= 0.3 is 6.18 Å². The Morgan fingerprint density at radius 1 is 1.33 bits per heavy atom. The van der Waals surface area contributed by atoms with Crippen molar-refractivity contribution in [1.82, 2.24) is 25.3 Å².